The van der Waals surface area contributed by atoms with Crippen molar-refractivity contribution in [3.05, 3.63) is 48.0 Å². The summed E-state index contributed by atoms with van der Waals surface area (Å²) in [6.07, 6.45) is 8.75. The van der Waals surface area contributed by atoms with Crippen molar-refractivity contribution in [2.24, 2.45) is 5.41 Å². The molecule has 1 spiro atoms. The van der Waals surface area contributed by atoms with Crippen molar-refractivity contribution >= 4 is 11.8 Å². The second-order valence-electron chi connectivity index (χ2n) is 8.27. The van der Waals surface area contributed by atoms with Crippen molar-refractivity contribution in [2.75, 3.05) is 19.6 Å². The molecule has 1 aromatic rings. The zero-order valence-corrected chi connectivity index (χ0v) is 15.5. The van der Waals surface area contributed by atoms with Crippen LogP contribution >= 0.6 is 0 Å². The first-order valence-corrected chi connectivity index (χ1v) is 9.89. The molecule has 0 aromatic heterocycles. The van der Waals surface area contributed by atoms with E-state index in [2.05, 4.69) is 11.5 Å². The Kier molecular flexibility index (Phi) is 4.60. The van der Waals surface area contributed by atoms with E-state index >= 15 is 0 Å². The normalized spacial score (nSPS) is 26.2. The van der Waals surface area contributed by atoms with Gasteiger partial charge in [0.15, 0.2) is 0 Å². The smallest absolute Gasteiger partial charge is 0.253 e. The predicted molar refractivity (Wildman–Crippen MR) is 102 cm³/mol. The van der Waals surface area contributed by atoms with Crippen LogP contribution < -0.4 is 0 Å². The first-order chi connectivity index (χ1) is 12.6. The minimum atomic E-state index is 0.104. The topological polar surface area (TPSA) is 40.6 Å². The molecule has 0 radical (unpaired) electrons. The van der Waals surface area contributed by atoms with Gasteiger partial charge in [-0.25, -0.2) is 0 Å². The lowest BCUT2D eigenvalue weighted by Gasteiger charge is -2.48. The summed E-state index contributed by atoms with van der Waals surface area (Å²) in [5, 5.41) is 0. The van der Waals surface area contributed by atoms with Gasteiger partial charge in [-0.2, -0.15) is 0 Å². The summed E-state index contributed by atoms with van der Waals surface area (Å²) >= 11 is 0. The monoisotopic (exact) mass is 352 g/mol. The molecule has 2 amide bonds. The Balaban J connectivity index is 1.46. The van der Waals surface area contributed by atoms with Crippen molar-refractivity contribution in [1.82, 2.24) is 9.80 Å². The predicted octanol–water partition coefficient (Wildman–Crippen LogP) is 3.42. The van der Waals surface area contributed by atoms with Gasteiger partial charge in [0, 0.05) is 43.1 Å². The van der Waals surface area contributed by atoms with Gasteiger partial charge in [0.1, 0.15) is 0 Å². The van der Waals surface area contributed by atoms with Crippen molar-refractivity contribution in [2.45, 2.75) is 51.0 Å². The molecule has 0 bridgehead atoms. The van der Waals surface area contributed by atoms with Crippen molar-refractivity contribution in [3.63, 3.8) is 0 Å². The summed E-state index contributed by atoms with van der Waals surface area (Å²) in [6.45, 7) is 6.22. The van der Waals surface area contributed by atoms with Crippen LogP contribution in [-0.2, 0) is 11.2 Å². The number of carbonyl (C=O) groups excluding carboxylic acids is 2. The Hall–Kier alpha value is -2.10. The van der Waals surface area contributed by atoms with Gasteiger partial charge in [0.25, 0.3) is 5.91 Å². The van der Waals surface area contributed by atoms with Crippen LogP contribution in [0.4, 0.5) is 0 Å². The van der Waals surface area contributed by atoms with Gasteiger partial charge in [-0.05, 0) is 56.2 Å². The van der Waals surface area contributed by atoms with Gasteiger partial charge >= 0.3 is 0 Å². The summed E-state index contributed by atoms with van der Waals surface area (Å²) in [7, 11) is 0. The zero-order valence-electron chi connectivity index (χ0n) is 15.5. The lowest BCUT2D eigenvalue weighted by molar-refractivity contribution is -0.139. The highest BCUT2D eigenvalue weighted by molar-refractivity contribution is 5.94. The Labute approximate surface area is 155 Å². The molecule has 0 N–H and O–H groups in total. The summed E-state index contributed by atoms with van der Waals surface area (Å²) in [6, 6.07) is 8.38. The molecule has 4 rings (SSSR count). The molecular formula is C22H28N2O2. The van der Waals surface area contributed by atoms with E-state index in [1.165, 1.54) is 5.56 Å². The summed E-state index contributed by atoms with van der Waals surface area (Å²) in [5.74, 6) is 0.448. The third-order valence-electron chi connectivity index (χ3n) is 6.21. The molecule has 1 atom stereocenters. The lowest BCUT2D eigenvalue weighted by Crippen LogP contribution is -2.55. The Morgan fingerprint density at radius 1 is 1.19 bits per heavy atom. The fourth-order valence-electron chi connectivity index (χ4n) is 4.61. The summed E-state index contributed by atoms with van der Waals surface area (Å²) in [5.41, 5.74) is 2.05. The van der Waals surface area contributed by atoms with Gasteiger partial charge in [-0.15, -0.1) is 6.58 Å². The van der Waals surface area contributed by atoms with E-state index in [1.54, 1.807) is 0 Å². The second-order valence-corrected chi connectivity index (χ2v) is 8.27. The number of rotatable bonds is 4. The highest BCUT2D eigenvalue weighted by Crippen LogP contribution is 2.42. The molecular weight excluding hydrogens is 324 g/mol. The van der Waals surface area contributed by atoms with Crippen LogP contribution in [0.5, 0.6) is 0 Å². The van der Waals surface area contributed by atoms with E-state index in [4.69, 9.17) is 0 Å². The fraction of sp³-hybridized carbons (Fsp3) is 0.545. The van der Waals surface area contributed by atoms with Gasteiger partial charge < -0.3 is 9.80 Å². The van der Waals surface area contributed by atoms with Gasteiger partial charge in [0.05, 0.1) is 0 Å². The molecule has 26 heavy (non-hydrogen) atoms. The molecule has 2 saturated heterocycles. The minimum absolute atomic E-state index is 0.104. The average Bonchev–Trinajstić information content (AvgIpc) is 3.50. The number of likely N-dealkylation sites (tertiary alicyclic amines) is 2. The minimum Gasteiger partial charge on any atom is -0.339 e. The third-order valence-corrected chi connectivity index (χ3v) is 6.21. The number of hydrogen-bond donors (Lipinski definition) is 0. The van der Waals surface area contributed by atoms with E-state index < -0.39 is 0 Å². The van der Waals surface area contributed by atoms with Crippen LogP contribution in [0.1, 0.15) is 54.4 Å². The highest BCUT2D eigenvalue weighted by atomic mass is 16.2. The molecule has 3 aliphatic rings. The number of carbonyl (C=O) groups is 2. The molecule has 4 heteroatoms. The quantitative estimate of drug-likeness (QED) is 0.779. The van der Waals surface area contributed by atoms with Crippen LogP contribution in [0.25, 0.3) is 0 Å². The first kappa shape index (κ1) is 17.3. The van der Waals surface area contributed by atoms with Gasteiger partial charge in [-0.3, -0.25) is 9.59 Å². The fourth-order valence-corrected chi connectivity index (χ4v) is 4.61. The maximum Gasteiger partial charge on any atom is 0.253 e. The molecule has 138 valence electrons. The van der Waals surface area contributed by atoms with Gasteiger partial charge in [-0.1, -0.05) is 18.2 Å². The Morgan fingerprint density at radius 2 is 1.96 bits per heavy atom. The SMILES string of the molecule is C=CCc1ccc(C(=O)N2CCC[C@]3(CCC(=O)N(C4CC4)C3)C2)cc1. The Morgan fingerprint density at radius 3 is 2.65 bits per heavy atom. The molecule has 2 heterocycles. The first-order valence-electron chi connectivity index (χ1n) is 9.89. The lowest BCUT2D eigenvalue weighted by atomic mass is 9.73. The van der Waals surface area contributed by atoms with Gasteiger partial charge in [0.2, 0.25) is 5.91 Å². The zero-order chi connectivity index (χ0) is 18.1. The van der Waals surface area contributed by atoms with E-state index in [9.17, 15) is 9.59 Å². The Bertz CT molecular complexity index is 707. The molecule has 1 saturated carbocycles. The number of hydrogen-bond acceptors (Lipinski definition) is 2. The molecule has 3 fully saturated rings. The molecule has 2 aliphatic heterocycles. The maximum absolute atomic E-state index is 13.0. The standard InChI is InChI=1S/C22H28N2O2/c1-2-4-17-5-7-18(8-6-17)21(26)23-14-3-12-22(15-23)13-11-20(25)24(16-22)19-9-10-19/h2,5-8,19H,1,3-4,9-16H2/t22-/m0/s1. The van der Waals surface area contributed by atoms with Crippen LogP contribution in [-0.4, -0.2) is 47.3 Å². The third kappa shape index (κ3) is 3.42. The number of piperidine rings is 2. The number of amides is 2. The van der Waals surface area contributed by atoms with Crippen molar-refractivity contribution in [1.29, 1.82) is 0 Å². The van der Waals surface area contributed by atoms with Crippen LogP contribution in [0, 0.1) is 5.41 Å². The number of allylic oxidation sites excluding steroid dienone is 1. The van der Waals surface area contributed by atoms with Crippen molar-refractivity contribution in [3.8, 4) is 0 Å². The van der Waals surface area contributed by atoms with E-state index in [0.29, 0.717) is 18.4 Å². The van der Waals surface area contributed by atoms with E-state index in [-0.39, 0.29) is 11.3 Å². The largest absolute Gasteiger partial charge is 0.339 e. The molecule has 4 nitrogen and oxygen atoms in total. The van der Waals surface area contributed by atoms with Crippen LogP contribution in [0.3, 0.4) is 0 Å². The maximum atomic E-state index is 13.0. The molecule has 0 unspecified atom stereocenters. The number of benzene rings is 1. The highest BCUT2D eigenvalue weighted by Gasteiger charge is 2.46. The second kappa shape index (κ2) is 6.90. The van der Waals surface area contributed by atoms with Crippen LogP contribution in [0.15, 0.2) is 36.9 Å². The average molecular weight is 352 g/mol. The molecule has 1 aromatic carbocycles. The summed E-state index contributed by atoms with van der Waals surface area (Å²) < 4.78 is 0. The van der Waals surface area contributed by atoms with Crippen molar-refractivity contribution < 1.29 is 9.59 Å². The van der Waals surface area contributed by atoms with E-state index in [1.807, 2.05) is 35.2 Å². The number of nitrogens with zero attached hydrogens (tertiary/aromatic N) is 2. The van der Waals surface area contributed by atoms with E-state index in [0.717, 1.165) is 63.7 Å². The summed E-state index contributed by atoms with van der Waals surface area (Å²) in [4.78, 5) is 29.4. The van der Waals surface area contributed by atoms with Crippen LogP contribution in [0.2, 0.25) is 0 Å². The molecule has 1 aliphatic carbocycles.